The molecule has 4 N–H and O–H groups in total. The quantitative estimate of drug-likeness (QED) is 0.175. The largest absolute Gasteiger partial charge is 0.347 e. The second-order valence-electron chi connectivity index (χ2n) is 17.5. The molecule has 5 atom stereocenters. The fourth-order valence-electron chi connectivity index (χ4n) is 9.34. The monoisotopic (exact) mass is 748 g/mol. The van der Waals surface area contributed by atoms with Crippen LogP contribution in [-0.2, 0) is 29.2 Å². The number of amides is 5. The van der Waals surface area contributed by atoms with Gasteiger partial charge in [-0.3, -0.25) is 19.2 Å². The minimum Gasteiger partial charge on any atom is -0.347 e. The minimum atomic E-state index is -3.64. The van der Waals surface area contributed by atoms with Crippen LogP contribution >= 0.6 is 0 Å². The first-order valence-corrected chi connectivity index (χ1v) is 21.6. The number of fused-ring (bicyclic) bond motifs is 1. The van der Waals surface area contributed by atoms with Gasteiger partial charge >= 0.3 is 6.03 Å². The Labute approximate surface area is 311 Å². The number of sulfonamides is 1. The molecule has 294 valence electrons. The fraction of sp³-hybridized carbons (Fsp3) is 0.868. The van der Waals surface area contributed by atoms with Crippen molar-refractivity contribution in [1.29, 1.82) is 0 Å². The van der Waals surface area contributed by atoms with Crippen molar-refractivity contribution in [2.24, 2.45) is 22.7 Å². The molecule has 4 saturated carbocycles. The van der Waals surface area contributed by atoms with Gasteiger partial charge in [-0.1, -0.05) is 86.0 Å². The zero-order valence-electron chi connectivity index (χ0n) is 32.4. The van der Waals surface area contributed by atoms with Gasteiger partial charge in [-0.15, -0.1) is 0 Å². The highest BCUT2D eigenvalue weighted by Crippen LogP contribution is 2.65. The summed E-state index contributed by atoms with van der Waals surface area (Å²) in [7, 11) is -2.10. The van der Waals surface area contributed by atoms with Crippen molar-refractivity contribution in [3.8, 4) is 0 Å². The van der Waals surface area contributed by atoms with E-state index in [1.54, 1.807) is 18.9 Å². The van der Waals surface area contributed by atoms with Crippen LogP contribution in [0.2, 0.25) is 0 Å². The molecule has 4 aliphatic carbocycles. The van der Waals surface area contributed by atoms with Crippen LogP contribution in [0.3, 0.4) is 0 Å². The van der Waals surface area contributed by atoms with E-state index in [1.165, 1.54) is 4.31 Å². The lowest BCUT2D eigenvalue weighted by Crippen LogP contribution is -2.65. The Hall–Kier alpha value is -2.74. The van der Waals surface area contributed by atoms with Crippen LogP contribution in [0.15, 0.2) is 0 Å². The van der Waals surface area contributed by atoms with Gasteiger partial charge in [-0.25, -0.2) is 17.5 Å². The normalized spacial score (nSPS) is 27.1. The molecule has 14 heteroatoms. The molecule has 13 nitrogen and oxygen atoms in total. The molecule has 1 heterocycles. The highest BCUT2D eigenvalue weighted by Gasteiger charge is 2.70. The van der Waals surface area contributed by atoms with Gasteiger partial charge in [0.2, 0.25) is 27.6 Å². The van der Waals surface area contributed by atoms with Gasteiger partial charge in [-0.2, -0.15) is 0 Å². The van der Waals surface area contributed by atoms with E-state index < -0.39 is 62.7 Å². The molecule has 1 saturated heterocycles. The van der Waals surface area contributed by atoms with Gasteiger partial charge in [0, 0.05) is 26.2 Å². The predicted octanol–water partition coefficient (Wildman–Crippen LogP) is 3.61. The number of unbranched alkanes of at least 4 members (excludes halogenated alkanes) is 1. The van der Waals surface area contributed by atoms with Gasteiger partial charge in [0.15, 0.2) is 0 Å². The van der Waals surface area contributed by atoms with Crippen LogP contribution in [0, 0.1) is 22.7 Å². The second kappa shape index (κ2) is 15.9. The Kier molecular flexibility index (Phi) is 12.4. The molecular weight excluding hydrogens is 685 g/mol. The van der Waals surface area contributed by atoms with Crippen molar-refractivity contribution in [3.05, 3.63) is 0 Å². The standard InChI is InChI=1S/C38H64N6O7S/c1-7-9-16-27(30(45)33(47)39-25-17-18-25)40-32(46)29-28-26(36(28,3)4)23-44(29)34(48)31(37(5)19-12-10-13-20-37)41-35(49)42-38(21-14-11-15-22-38)24-52(50,51)43(6)8-2/h25-29,31H,7-24H2,1-6H3,(H,39,47)(H,40,46)(H2,41,42,49). The van der Waals surface area contributed by atoms with Crippen molar-refractivity contribution in [2.75, 3.05) is 25.9 Å². The SMILES string of the molecule is CCCCC(NC(=O)C1C2C(CN1C(=O)C(NC(=O)NC1(CS(=O)(=O)N(C)CC)CCCCC1)C1(C)CCCCC1)C2(C)C)C(=O)C(=O)NC1CC1. The van der Waals surface area contributed by atoms with Crippen molar-refractivity contribution in [3.63, 3.8) is 0 Å². The van der Waals surface area contributed by atoms with Gasteiger partial charge < -0.3 is 26.2 Å². The molecule has 5 amide bonds. The summed E-state index contributed by atoms with van der Waals surface area (Å²) < 4.78 is 27.9. The van der Waals surface area contributed by atoms with E-state index in [-0.39, 0.29) is 35.0 Å². The summed E-state index contributed by atoms with van der Waals surface area (Å²) in [5.74, 6) is -2.38. The predicted molar refractivity (Wildman–Crippen MR) is 198 cm³/mol. The Morgan fingerprint density at radius 2 is 1.50 bits per heavy atom. The summed E-state index contributed by atoms with van der Waals surface area (Å²) >= 11 is 0. The summed E-state index contributed by atoms with van der Waals surface area (Å²) in [6.45, 7) is 10.6. The number of urea groups is 1. The summed E-state index contributed by atoms with van der Waals surface area (Å²) in [5, 5.41) is 11.8. The van der Waals surface area contributed by atoms with Gasteiger partial charge in [-0.05, 0) is 67.6 Å². The number of Topliss-reactive ketones (excluding diaryl/α,β-unsaturated/α-hetero) is 1. The lowest BCUT2D eigenvalue weighted by atomic mass is 9.70. The maximum absolute atomic E-state index is 14.9. The van der Waals surface area contributed by atoms with E-state index in [2.05, 4.69) is 35.1 Å². The number of carbonyl (C=O) groups is 5. The number of rotatable bonds is 16. The molecule has 5 unspecified atom stereocenters. The molecule has 52 heavy (non-hydrogen) atoms. The lowest BCUT2D eigenvalue weighted by molar-refractivity contribution is -0.146. The molecule has 0 aromatic rings. The number of carbonyl (C=O) groups excluding carboxylic acids is 5. The number of hydrogen-bond donors (Lipinski definition) is 4. The first kappa shape index (κ1) is 40.4. The van der Waals surface area contributed by atoms with Crippen molar-refractivity contribution in [1.82, 2.24) is 30.5 Å². The third kappa shape index (κ3) is 8.79. The topological polar surface area (TPSA) is 174 Å². The van der Waals surface area contributed by atoms with E-state index in [9.17, 15) is 32.4 Å². The van der Waals surface area contributed by atoms with Crippen LogP contribution in [-0.4, -0.2) is 103 Å². The van der Waals surface area contributed by atoms with Crippen LogP contribution in [0.5, 0.6) is 0 Å². The number of likely N-dealkylation sites (tertiary alicyclic amines) is 1. The van der Waals surface area contributed by atoms with E-state index in [0.29, 0.717) is 38.8 Å². The smallest absolute Gasteiger partial charge is 0.315 e. The second-order valence-corrected chi connectivity index (χ2v) is 19.5. The molecular formula is C38H64N6O7S. The average Bonchev–Trinajstić information content (AvgIpc) is 3.95. The van der Waals surface area contributed by atoms with Gasteiger partial charge in [0.05, 0.1) is 17.3 Å². The number of hydrogen-bond acceptors (Lipinski definition) is 7. The fourth-order valence-corrected chi connectivity index (χ4v) is 11.0. The molecule has 5 fully saturated rings. The van der Waals surface area contributed by atoms with Crippen molar-refractivity contribution >= 4 is 39.6 Å². The van der Waals surface area contributed by atoms with Crippen LogP contribution in [0.1, 0.15) is 131 Å². The lowest BCUT2D eigenvalue weighted by Gasteiger charge is -2.44. The summed E-state index contributed by atoms with van der Waals surface area (Å²) in [6, 6.07) is -3.35. The van der Waals surface area contributed by atoms with E-state index in [4.69, 9.17) is 0 Å². The van der Waals surface area contributed by atoms with E-state index in [1.807, 2.05) is 13.8 Å². The molecule has 0 aromatic heterocycles. The van der Waals surface area contributed by atoms with Crippen LogP contribution in [0.4, 0.5) is 4.79 Å². The third-order valence-electron chi connectivity index (χ3n) is 13.2. The molecule has 1 aliphatic heterocycles. The first-order valence-electron chi connectivity index (χ1n) is 20.0. The zero-order valence-corrected chi connectivity index (χ0v) is 33.2. The van der Waals surface area contributed by atoms with Crippen LogP contribution < -0.4 is 21.3 Å². The van der Waals surface area contributed by atoms with Crippen molar-refractivity contribution in [2.45, 2.75) is 161 Å². The maximum atomic E-state index is 14.9. The molecule has 0 spiro atoms. The number of ketones is 1. The van der Waals surface area contributed by atoms with Crippen LogP contribution in [0.25, 0.3) is 0 Å². The summed E-state index contributed by atoms with van der Waals surface area (Å²) in [4.78, 5) is 71.0. The highest BCUT2D eigenvalue weighted by molar-refractivity contribution is 7.89. The van der Waals surface area contributed by atoms with E-state index in [0.717, 1.165) is 70.6 Å². The Bertz CT molecular complexity index is 1470. The Balaban J connectivity index is 1.39. The Morgan fingerprint density at radius 1 is 0.885 bits per heavy atom. The number of piperidine rings is 1. The van der Waals surface area contributed by atoms with Crippen molar-refractivity contribution < 1.29 is 32.4 Å². The zero-order chi connectivity index (χ0) is 38.1. The maximum Gasteiger partial charge on any atom is 0.315 e. The summed E-state index contributed by atoms with van der Waals surface area (Å²) in [6.07, 6.45) is 11.3. The van der Waals surface area contributed by atoms with Gasteiger partial charge in [0.1, 0.15) is 12.1 Å². The third-order valence-corrected chi connectivity index (χ3v) is 15.3. The molecule has 0 aromatic carbocycles. The average molecular weight is 749 g/mol. The highest BCUT2D eigenvalue weighted by atomic mass is 32.2. The first-order chi connectivity index (χ1) is 24.5. The number of nitrogens with zero attached hydrogens (tertiary/aromatic N) is 2. The summed E-state index contributed by atoms with van der Waals surface area (Å²) in [5.41, 5.74) is -1.73. The van der Waals surface area contributed by atoms with E-state index >= 15 is 0 Å². The molecule has 0 radical (unpaired) electrons. The Morgan fingerprint density at radius 3 is 2.08 bits per heavy atom. The molecule has 0 bridgehead atoms. The molecule has 5 aliphatic rings. The minimum absolute atomic E-state index is 0.00722. The van der Waals surface area contributed by atoms with Gasteiger partial charge in [0.25, 0.3) is 5.91 Å². The number of nitrogens with one attached hydrogen (secondary N) is 4. The molecule has 5 rings (SSSR count).